The Hall–Kier alpha value is -1.81. The molecule has 0 aliphatic heterocycles. The zero-order chi connectivity index (χ0) is 20.0. The predicted molar refractivity (Wildman–Crippen MR) is 117 cm³/mol. The molecule has 0 radical (unpaired) electrons. The molecule has 0 saturated carbocycles. The van der Waals surface area contributed by atoms with Crippen molar-refractivity contribution < 1.29 is 19.4 Å². The van der Waals surface area contributed by atoms with Crippen molar-refractivity contribution in [3.8, 4) is 17.2 Å². The summed E-state index contributed by atoms with van der Waals surface area (Å²) in [7, 11) is 0. The van der Waals surface area contributed by atoms with E-state index in [4.69, 9.17) is 9.47 Å². The number of nitrogens with zero attached hydrogens (tertiary/aromatic N) is 1. The number of nitrogens with one attached hydrogen (secondary N) is 1. The third kappa shape index (κ3) is 6.10. The molecule has 1 amide bonds. The lowest BCUT2D eigenvalue weighted by Crippen LogP contribution is -2.24. The van der Waals surface area contributed by atoms with Gasteiger partial charge in [-0.05, 0) is 94.2 Å². The molecular formula is C19H20BrIN2O4. The summed E-state index contributed by atoms with van der Waals surface area (Å²) in [5.74, 6) is 0.720. The van der Waals surface area contributed by atoms with Gasteiger partial charge in [0.05, 0.1) is 20.9 Å². The van der Waals surface area contributed by atoms with E-state index in [9.17, 15) is 9.90 Å². The van der Waals surface area contributed by atoms with Crippen molar-refractivity contribution in [2.24, 2.45) is 5.10 Å². The predicted octanol–water partition coefficient (Wildman–Crippen LogP) is 4.30. The van der Waals surface area contributed by atoms with E-state index in [2.05, 4.69) is 26.5 Å². The smallest absolute Gasteiger partial charge is 0.277 e. The molecule has 0 heterocycles. The topological polar surface area (TPSA) is 80.2 Å². The number of amides is 1. The number of hydrogen-bond donors (Lipinski definition) is 2. The maximum atomic E-state index is 12.0. The quantitative estimate of drug-likeness (QED) is 0.308. The molecule has 6 nitrogen and oxygen atoms in total. The van der Waals surface area contributed by atoms with Crippen LogP contribution in [-0.2, 0) is 4.79 Å². The van der Waals surface area contributed by atoms with E-state index in [-0.39, 0.29) is 18.3 Å². The fourth-order valence-corrected chi connectivity index (χ4v) is 3.78. The molecule has 2 aromatic rings. The number of phenolic OH excluding ortho intramolecular Hbond substituents is 1. The fourth-order valence-electron chi connectivity index (χ4n) is 2.37. The van der Waals surface area contributed by atoms with E-state index >= 15 is 0 Å². The molecule has 2 N–H and O–H groups in total. The zero-order valence-corrected chi connectivity index (χ0v) is 18.9. The standard InChI is InChI=1S/C19H20BrIN2O4/c1-4-26-16-8-13(7-15(21)18(16)25)9-22-23-17(24)10-27-19-12(3)5-11(2)6-14(19)20/h5-9,25H,4,10H2,1-3H3,(H,23,24)/b22-9+. The average molecular weight is 547 g/mol. The number of hydrazone groups is 1. The summed E-state index contributed by atoms with van der Waals surface area (Å²) in [5.41, 5.74) is 5.17. The summed E-state index contributed by atoms with van der Waals surface area (Å²) in [6.07, 6.45) is 1.48. The van der Waals surface area contributed by atoms with Crippen LogP contribution in [0.15, 0.2) is 33.8 Å². The number of hydrogen-bond acceptors (Lipinski definition) is 5. The van der Waals surface area contributed by atoms with Gasteiger partial charge in [0.1, 0.15) is 5.75 Å². The first-order chi connectivity index (χ1) is 12.8. The third-order valence-corrected chi connectivity index (χ3v) is 4.89. The molecule has 2 rings (SSSR count). The van der Waals surface area contributed by atoms with Crippen molar-refractivity contribution in [3.63, 3.8) is 0 Å². The highest BCUT2D eigenvalue weighted by Crippen LogP contribution is 2.32. The van der Waals surface area contributed by atoms with Gasteiger partial charge in [-0.3, -0.25) is 4.79 Å². The first-order valence-corrected chi connectivity index (χ1v) is 10.1. The third-order valence-electron chi connectivity index (χ3n) is 3.47. The SMILES string of the molecule is CCOc1cc(/C=N/NC(=O)COc2c(C)cc(C)cc2Br)cc(I)c1O. The summed E-state index contributed by atoms with van der Waals surface area (Å²) >= 11 is 5.45. The van der Waals surface area contributed by atoms with Crippen LogP contribution in [0.2, 0.25) is 0 Å². The number of rotatable bonds is 7. The second-order valence-electron chi connectivity index (χ2n) is 5.76. The van der Waals surface area contributed by atoms with Gasteiger partial charge in [0.25, 0.3) is 5.91 Å². The molecule has 27 heavy (non-hydrogen) atoms. The number of benzene rings is 2. The van der Waals surface area contributed by atoms with Crippen LogP contribution in [0.4, 0.5) is 0 Å². The van der Waals surface area contributed by atoms with Gasteiger partial charge < -0.3 is 14.6 Å². The minimum absolute atomic E-state index is 0.0890. The van der Waals surface area contributed by atoms with Gasteiger partial charge in [0, 0.05) is 0 Å². The van der Waals surface area contributed by atoms with Crippen LogP contribution in [0.1, 0.15) is 23.6 Å². The van der Waals surface area contributed by atoms with Gasteiger partial charge in [-0.1, -0.05) is 6.07 Å². The molecule has 0 aliphatic rings. The molecule has 0 fully saturated rings. The Bertz CT molecular complexity index is 848. The van der Waals surface area contributed by atoms with Crippen LogP contribution in [0, 0.1) is 17.4 Å². The molecule has 0 aliphatic carbocycles. The molecule has 0 saturated heterocycles. The molecule has 0 atom stereocenters. The molecule has 2 aromatic carbocycles. The zero-order valence-electron chi connectivity index (χ0n) is 15.2. The van der Waals surface area contributed by atoms with Crippen LogP contribution in [0.5, 0.6) is 17.2 Å². The maximum Gasteiger partial charge on any atom is 0.277 e. The van der Waals surface area contributed by atoms with Crippen molar-refractivity contribution in [2.75, 3.05) is 13.2 Å². The van der Waals surface area contributed by atoms with Gasteiger partial charge in [0.2, 0.25) is 0 Å². The minimum atomic E-state index is -0.378. The lowest BCUT2D eigenvalue weighted by molar-refractivity contribution is -0.123. The van der Waals surface area contributed by atoms with Crippen molar-refractivity contribution in [1.29, 1.82) is 0 Å². The van der Waals surface area contributed by atoms with Crippen LogP contribution < -0.4 is 14.9 Å². The van der Waals surface area contributed by atoms with Crippen LogP contribution >= 0.6 is 38.5 Å². The average Bonchev–Trinajstić information content (AvgIpc) is 2.58. The van der Waals surface area contributed by atoms with Crippen LogP contribution in [0.25, 0.3) is 0 Å². The lowest BCUT2D eigenvalue weighted by atomic mass is 10.1. The lowest BCUT2D eigenvalue weighted by Gasteiger charge is -2.11. The minimum Gasteiger partial charge on any atom is -0.504 e. The monoisotopic (exact) mass is 546 g/mol. The van der Waals surface area contributed by atoms with Gasteiger partial charge in [-0.15, -0.1) is 0 Å². The van der Waals surface area contributed by atoms with Crippen molar-refractivity contribution >= 4 is 50.6 Å². The Balaban J connectivity index is 1.96. The van der Waals surface area contributed by atoms with E-state index in [1.807, 2.05) is 55.5 Å². The van der Waals surface area contributed by atoms with E-state index in [1.54, 1.807) is 12.1 Å². The molecule has 8 heteroatoms. The van der Waals surface area contributed by atoms with Gasteiger partial charge in [-0.2, -0.15) is 5.10 Å². The summed E-state index contributed by atoms with van der Waals surface area (Å²) in [6.45, 7) is 6.03. The second-order valence-corrected chi connectivity index (χ2v) is 7.77. The number of carbonyl (C=O) groups is 1. The first-order valence-electron chi connectivity index (χ1n) is 8.18. The van der Waals surface area contributed by atoms with Crippen molar-refractivity contribution in [1.82, 2.24) is 5.43 Å². The van der Waals surface area contributed by atoms with Gasteiger partial charge >= 0.3 is 0 Å². The normalized spacial score (nSPS) is 10.9. The van der Waals surface area contributed by atoms with Gasteiger partial charge in [0.15, 0.2) is 18.1 Å². The highest BCUT2D eigenvalue weighted by atomic mass is 127. The summed E-state index contributed by atoms with van der Waals surface area (Å²) in [6, 6.07) is 7.30. The Labute approximate surface area is 180 Å². The number of carbonyl (C=O) groups excluding carboxylic acids is 1. The largest absolute Gasteiger partial charge is 0.504 e. The van der Waals surface area contributed by atoms with E-state index in [0.717, 1.165) is 15.6 Å². The first kappa shape index (κ1) is 21.5. The van der Waals surface area contributed by atoms with Crippen molar-refractivity contribution in [3.05, 3.63) is 49.0 Å². The fraction of sp³-hybridized carbons (Fsp3) is 0.263. The Morgan fingerprint density at radius 3 is 2.70 bits per heavy atom. The van der Waals surface area contributed by atoms with E-state index < -0.39 is 0 Å². The number of ether oxygens (including phenoxy) is 2. The summed E-state index contributed by atoms with van der Waals surface area (Å²) in [4.78, 5) is 12.0. The van der Waals surface area contributed by atoms with Crippen LogP contribution in [-0.4, -0.2) is 30.4 Å². The molecule has 0 unspecified atom stereocenters. The maximum absolute atomic E-state index is 12.0. The van der Waals surface area contributed by atoms with E-state index in [1.165, 1.54) is 6.21 Å². The Kier molecular flexibility index (Phi) is 7.91. The molecular weight excluding hydrogens is 527 g/mol. The highest BCUT2D eigenvalue weighted by molar-refractivity contribution is 14.1. The number of halogens is 2. The molecule has 0 bridgehead atoms. The second kappa shape index (κ2) is 9.93. The molecule has 0 aromatic heterocycles. The number of phenols is 1. The summed E-state index contributed by atoms with van der Waals surface area (Å²) < 4.78 is 12.4. The molecule has 0 spiro atoms. The Morgan fingerprint density at radius 1 is 1.30 bits per heavy atom. The van der Waals surface area contributed by atoms with E-state index in [0.29, 0.717) is 27.2 Å². The number of aromatic hydroxyl groups is 1. The molecule has 144 valence electrons. The van der Waals surface area contributed by atoms with Gasteiger partial charge in [-0.25, -0.2) is 5.43 Å². The summed E-state index contributed by atoms with van der Waals surface area (Å²) in [5, 5.41) is 13.9. The van der Waals surface area contributed by atoms with Crippen LogP contribution in [0.3, 0.4) is 0 Å². The highest BCUT2D eigenvalue weighted by Gasteiger charge is 2.10. The Morgan fingerprint density at radius 2 is 2.04 bits per heavy atom. The number of aryl methyl sites for hydroxylation is 2. The van der Waals surface area contributed by atoms with Crippen molar-refractivity contribution in [2.45, 2.75) is 20.8 Å².